The smallest absolute Gasteiger partial charge is 0.258 e. The zero-order valence-electron chi connectivity index (χ0n) is 11.2. The summed E-state index contributed by atoms with van der Waals surface area (Å²) in [4.78, 5) is 25.5. The highest BCUT2D eigenvalue weighted by Crippen LogP contribution is 2.14. The summed E-state index contributed by atoms with van der Waals surface area (Å²) >= 11 is 0. The number of aryl methyl sites for hydroxylation is 2. The summed E-state index contributed by atoms with van der Waals surface area (Å²) in [6, 6.07) is -0.592. The van der Waals surface area contributed by atoms with Gasteiger partial charge in [0.05, 0.1) is 11.3 Å². The molecule has 7 heteroatoms. The molecule has 0 saturated carbocycles. The van der Waals surface area contributed by atoms with Gasteiger partial charge in [-0.1, -0.05) is 6.92 Å². The van der Waals surface area contributed by atoms with Crippen LogP contribution in [-0.4, -0.2) is 52.2 Å². The number of nitrogens with zero attached hydrogens (tertiary/aromatic N) is 3. The molecular formula is C12H19N5O2. The molecule has 1 aromatic rings. The number of amides is 2. The Hall–Kier alpha value is -1.89. The summed E-state index contributed by atoms with van der Waals surface area (Å²) in [6.07, 6.45) is 2.37. The standard InChI is InChI=1S/C12H19N5O2/c1-3-9-8(7-16(2)15-9)12(19)17-5-4-14-6-10(17)11(13)18/h7,10,14H,3-6H2,1-2H3,(H2,13,18). The second-order valence-electron chi connectivity index (χ2n) is 4.64. The lowest BCUT2D eigenvalue weighted by Gasteiger charge is -2.34. The monoisotopic (exact) mass is 265 g/mol. The van der Waals surface area contributed by atoms with Crippen LogP contribution in [0.3, 0.4) is 0 Å². The number of rotatable bonds is 3. The van der Waals surface area contributed by atoms with E-state index in [9.17, 15) is 9.59 Å². The van der Waals surface area contributed by atoms with Gasteiger partial charge in [-0.3, -0.25) is 14.3 Å². The van der Waals surface area contributed by atoms with Crippen molar-refractivity contribution < 1.29 is 9.59 Å². The Labute approximate surface area is 111 Å². The van der Waals surface area contributed by atoms with Gasteiger partial charge >= 0.3 is 0 Å². The van der Waals surface area contributed by atoms with Crippen molar-refractivity contribution in [2.45, 2.75) is 19.4 Å². The lowest BCUT2D eigenvalue weighted by atomic mass is 10.1. The van der Waals surface area contributed by atoms with Gasteiger partial charge in [0.1, 0.15) is 6.04 Å². The first-order valence-electron chi connectivity index (χ1n) is 6.38. The maximum Gasteiger partial charge on any atom is 0.258 e. The lowest BCUT2D eigenvalue weighted by Crippen LogP contribution is -2.58. The fourth-order valence-corrected chi connectivity index (χ4v) is 2.33. The van der Waals surface area contributed by atoms with Gasteiger partial charge in [-0.25, -0.2) is 0 Å². The van der Waals surface area contributed by atoms with E-state index in [4.69, 9.17) is 5.73 Å². The van der Waals surface area contributed by atoms with Crippen LogP contribution >= 0.6 is 0 Å². The van der Waals surface area contributed by atoms with Gasteiger partial charge < -0.3 is 16.0 Å². The Balaban J connectivity index is 2.28. The molecule has 0 radical (unpaired) electrons. The van der Waals surface area contributed by atoms with E-state index in [1.807, 2.05) is 6.92 Å². The lowest BCUT2D eigenvalue weighted by molar-refractivity contribution is -0.122. The van der Waals surface area contributed by atoms with Gasteiger partial charge in [0.15, 0.2) is 0 Å². The number of piperazine rings is 1. The molecule has 104 valence electrons. The summed E-state index contributed by atoms with van der Waals surface area (Å²) in [7, 11) is 1.78. The number of carbonyl (C=O) groups excluding carboxylic acids is 2. The normalized spacial score (nSPS) is 19.5. The van der Waals surface area contributed by atoms with Crippen molar-refractivity contribution in [2.24, 2.45) is 12.8 Å². The highest BCUT2D eigenvalue weighted by molar-refractivity contribution is 5.98. The minimum absolute atomic E-state index is 0.171. The van der Waals surface area contributed by atoms with Crippen LogP contribution in [0.15, 0.2) is 6.20 Å². The quantitative estimate of drug-likeness (QED) is 0.724. The summed E-state index contributed by atoms with van der Waals surface area (Å²) in [5, 5.41) is 7.32. The third-order valence-corrected chi connectivity index (χ3v) is 3.30. The molecule has 0 bridgehead atoms. The van der Waals surface area contributed by atoms with E-state index < -0.39 is 11.9 Å². The average Bonchev–Trinajstić information content (AvgIpc) is 2.79. The van der Waals surface area contributed by atoms with Crippen LogP contribution in [0.25, 0.3) is 0 Å². The van der Waals surface area contributed by atoms with Crippen molar-refractivity contribution in [3.05, 3.63) is 17.5 Å². The largest absolute Gasteiger partial charge is 0.368 e. The Morgan fingerprint density at radius 3 is 2.95 bits per heavy atom. The van der Waals surface area contributed by atoms with Gasteiger partial charge in [0.2, 0.25) is 5.91 Å². The predicted molar refractivity (Wildman–Crippen MR) is 69.5 cm³/mol. The van der Waals surface area contributed by atoms with Crippen molar-refractivity contribution in [1.29, 1.82) is 0 Å². The first-order chi connectivity index (χ1) is 9.04. The molecule has 2 amide bonds. The van der Waals surface area contributed by atoms with Crippen molar-refractivity contribution in [2.75, 3.05) is 19.6 Å². The molecule has 1 saturated heterocycles. The third kappa shape index (κ3) is 2.60. The summed E-state index contributed by atoms with van der Waals surface area (Å²) < 4.78 is 1.62. The molecule has 0 aromatic carbocycles. The molecule has 2 heterocycles. The van der Waals surface area contributed by atoms with Gasteiger partial charge in [0.25, 0.3) is 5.91 Å². The van der Waals surface area contributed by atoms with Crippen molar-refractivity contribution in [3.8, 4) is 0 Å². The van der Waals surface area contributed by atoms with Crippen molar-refractivity contribution >= 4 is 11.8 Å². The van der Waals surface area contributed by atoms with Crippen LogP contribution in [0, 0.1) is 0 Å². The minimum Gasteiger partial charge on any atom is -0.368 e. The van der Waals surface area contributed by atoms with E-state index >= 15 is 0 Å². The van der Waals surface area contributed by atoms with Gasteiger partial charge in [0, 0.05) is 32.9 Å². The first-order valence-corrected chi connectivity index (χ1v) is 6.38. The fraction of sp³-hybridized carbons (Fsp3) is 0.583. The predicted octanol–water partition coefficient (Wildman–Crippen LogP) is -1.12. The van der Waals surface area contributed by atoms with E-state index in [-0.39, 0.29) is 5.91 Å². The highest BCUT2D eigenvalue weighted by atomic mass is 16.2. The molecule has 0 aliphatic carbocycles. The topological polar surface area (TPSA) is 93.2 Å². The van der Waals surface area contributed by atoms with Gasteiger partial charge in [-0.2, -0.15) is 5.10 Å². The second kappa shape index (κ2) is 5.40. The molecule has 7 nitrogen and oxygen atoms in total. The summed E-state index contributed by atoms with van der Waals surface area (Å²) in [5.41, 5.74) is 6.65. The fourth-order valence-electron chi connectivity index (χ4n) is 2.33. The van der Waals surface area contributed by atoms with E-state index in [2.05, 4.69) is 10.4 Å². The molecule has 3 N–H and O–H groups in total. The Kier molecular flexibility index (Phi) is 3.84. The van der Waals surface area contributed by atoms with Crippen LogP contribution in [-0.2, 0) is 18.3 Å². The molecule has 1 fully saturated rings. The number of primary amides is 1. The summed E-state index contributed by atoms with van der Waals surface area (Å²) in [6.45, 7) is 3.49. The maximum absolute atomic E-state index is 12.5. The van der Waals surface area contributed by atoms with Crippen LogP contribution < -0.4 is 11.1 Å². The van der Waals surface area contributed by atoms with E-state index in [1.165, 1.54) is 4.90 Å². The summed E-state index contributed by atoms with van der Waals surface area (Å²) in [5.74, 6) is -0.655. The molecule has 2 rings (SSSR count). The number of carbonyl (C=O) groups is 2. The van der Waals surface area contributed by atoms with Crippen molar-refractivity contribution in [1.82, 2.24) is 20.0 Å². The van der Waals surface area contributed by atoms with E-state index in [1.54, 1.807) is 17.9 Å². The van der Waals surface area contributed by atoms with E-state index in [0.717, 1.165) is 5.69 Å². The van der Waals surface area contributed by atoms with Crippen molar-refractivity contribution in [3.63, 3.8) is 0 Å². The zero-order valence-corrected chi connectivity index (χ0v) is 11.2. The molecule has 0 spiro atoms. The third-order valence-electron chi connectivity index (χ3n) is 3.30. The number of nitrogens with two attached hydrogens (primary N) is 1. The van der Waals surface area contributed by atoms with Crippen LogP contribution in [0.2, 0.25) is 0 Å². The Morgan fingerprint density at radius 1 is 1.58 bits per heavy atom. The molecule has 1 aliphatic rings. The number of hydrogen-bond acceptors (Lipinski definition) is 4. The number of nitrogens with one attached hydrogen (secondary N) is 1. The molecule has 1 atom stereocenters. The highest BCUT2D eigenvalue weighted by Gasteiger charge is 2.32. The zero-order chi connectivity index (χ0) is 14.0. The maximum atomic E-state index is 12.5. The van der Waals surface area contributed by atoms with Gasteiger partial charge in [-0.15, -0.1) is 0 Å². The Bertz CT molecular complexity index is 496. The minimum atomic E-state index is -0.592. The van der Waals surface area contributed by atoms with Crippen LogP contribution in [0.4, 0.5) is 0 Å². The van der Waals surface area contributed by atoms with Gasteiger partial charge in [-0.05, 0) is 6.42 Å². The second-order valence-corrected chi connectivity index (χ2v) is 4.64. The molecule has 1 aliphatic heterocycles. The first kappa shape index (κ1) is 13.5. The molecule has 19 heavy (non-hydrogen) atoms. The molecular weight excluding hydrogens is 246 g/mol. The molecule has 1 aromatic heterocycles. The van der Waals surface area contributed by atoms with Crippen LogP contribution in [0.5, 0.6) is 0 Å². The number of hydrogen-bond donors (Lipinski definition) is 2. The SMILES string of the molecule is CCc1nn(C)cc1C(=O)N1CCNCC1C(N)=O. The van der Waals surface area contributed by atoms with Crippen LogP contribution in [0.1, 0.15) is 23.0 Å². The molecule has 1 unspecified atom stereocenters. The Morgan fingerprint density at radius 2 is 2.32 bits per heavy atom. The number of aromatic nitrogens is 2. The average molecular weight is 265 g/mol. The van der Waals surface area contributed by atoms with E-state index in [0.29, 0.717) is 31.6 Å².